The number of halogens is 2. The summed E-state index contributed by atoms with van der Waals surface area (Å²) in [6.45, 7) is 15.3. The first-order chi connectivity index (χ1) is 21.2. The molecule has 1 radical (unpaired) electrons. The molecule has 0 aliphatic heterocycles. The molecule has 3 heterocycles. The predicted octanol–water partition coefficient (Wildman–Crippen LogP) is 10.1. The number of benzene rings is 3. The molecule has 0 atom stereocenters. The van der Waals surface area contributed by atoms with Crippen LogP contribution in [0.25, 0.3) is 44.5 Å². The molecule has 7 heteroatoms. The van der Waals surface area contributed by atoms with Crippen molar-refractivity contribution in [2.24, 2.45) is 5.92 Å². The van der Waals surface area contributed by atoms with E-state index in [1.54, 1.807) is 32.2 Å². The molecule has 0 aliphatic carbocycles. The summed E-state index contributed by atoms with van der Waals surface area (Å²) in [5.41, 5.74) is 5.93. The van der Waals surface area contributed by atoms with Crippen molar-refractivity contribution in [1.82, 2.24) is 9.97 Å². The van der Waals surface area contributed by atoms with E-state index in [0.29, 0.717) is 22.6 Å². The van der Waals surface area contributed by atoms with Crippen LogP contribution in [-0.4, -0.2) is 18.0 Å². The van der Waals surface area contributed by atoms with E-state index >= 15 is 0 Å². The molecule has 3 aromatic heterocycles. The summed E-state index contributed by atoms with van der Waals surface area (Å²) in [4.78, 5) is 9.01. The number of hydrogen-bond donors (Lipinski definition) is 0. The van der Waals surface area contributed by atoms with Crippen LogP contribution in [0.15, 0.2) is 83.5 Å². The first kappa shape index (κ1) is 32.9. The Morgan fingerprint density at radius 3 is 2.38 bits per heavy atom. The van der Waals surface area contributed by atoms with Crippen molar-refractivity contribution in [3.8, 4) is 22.5 Å². The van der Waals surface area contributed by atoms with Crippen molar-refractivity contribution in [2.75, 3.05) is 0 Å². The molecule has 0 aliphatic rings. The summed E-state index contributed by atoms with van der Waals surface area (Å²) < 4.78 is 41.8. The zero-order valence-corrected chi connectivity index (χ0v) is 30.1. The van der Waals surface area contributed by atoms with Gasteiger partial charge in [-0.2, -0.15) is 0 Å². The van der Waals surface area contributed by atoms with Crippen molar-refractivity contribution in [2.45, 2.75) is 59.7 Å². The number of hydrogen-bond acceptors (Lipinski definition) is 3. The Bertz CT molecular complexity index is 1960. The average Bonchev–Trinajstić information content (AvgIpc) is 3.36. The van der Waals surface area contributed by atoms with Gasteiger partial charge >= 0.3 is 0 Å². The summed E-state index contributed by atoms with van der Waals surface area (Å²) in [5.74, 6) is -1.07. The molecular formula is C38H38F2IrN2OSi-2. The van der Waals surface area contributed by atoms with E-state index in [0.717, 1.165) is 23.2 Å². The third kappa shape index (κ3) is 7.83. The van der Waals surface area contributed by atoms with Gasteiger partial charge in [-0.1, -0.05) is 76.2 Å². The molecule has 3 nitrogen and oxygen atoms in total. The Labute approximate surface area is 280 Å². The Morgan fingerprint density at radius 2 is 1.71 bits per heavy atom. The number of furan rings is 1. The third-order valence-corrected chi connectivity index (χ3v) is 9.53. The van der Waals surface area contributed by atoms with E-state index < -0.39 is 25.6 Å². The quantitative estimate of drug-likeness (QED) is 0.125. The fraction of sp³-hybridized carbons (Fsp3) is 0.263. The van der Waals surface area contributed by atoms with Crippen LogP contribution >= 0.6 is 0 Å². The normalized spacial score (nSPS) is 12.1. The summed E-state index contributed by atoms with van der Waals surface area (Å²) in [6.07, 6.45) is 4.84. The summed E-state index contributed by atoms with van der Waals surface area (Å²) in [6, 6.07) is 25.3. The van der Waals surface area contributed by atoms with Gasteiger partial charge in [-0.3, -0.25) is 4.39 Å². The second-order valence-corrected chi connectivity index (χ2v) is 17.8. The van der Waals surface area contributed by atoms with Crippen molar-refractivity contribution in [3.63, 3.8) is 0 Å². The van der Waals surface area contributed by atoms with Crippen molar-refractivity contribution in [1.29, 1.82) is 0 Å². The van der Waals surface area contributed by atoms with Gasteiger partial charge in [-0.05, 0) is 58.4 Å². The van der Waals surface area contributed by atoms with Gasteiger partial charge in [0, 0.05) is 51.1 Å². The van der Waals surface area contributed by atoms with Crippen molar-refractivity contribution >= 4 is 35.2 Å². The zero-order valence-electron chi connectivity index (χ0n) is 27.7. The second kappa shape index (κ2) is 14.3. The zero-order chi connectivity index (χ0) is 32.5. The van der Waals surface area contributed by atoms with E-state index in [9.17, 15) is 8.78 Å². The van der Waals surface area contributed by atoms with Gasteiger partial charge in [0.15, 0.2) is 0 Å². The van der Waals surface area contributed by atoms with Gasteiger partial charge in [0.2, 0.25) is 0 Å². The SMILES string of the molecule is CC(C)Cc1cc(-c2[c-]cccc2)ncc1[Si](C)(C)C.[2H]C(C)(C)c1ccnc(-c2[c-]cc(F)c3c2oc2cc(F)ccc23)c1.[Ir]. The summed E-state index contributed by atoms with van der Waals surface area (Å²) in [5, 5.41) is 2.27. The summed E-state index contributed by atoms with van der Waals surface area (Å²) >= 11 is 0. The van der Waals surface area contributed by atoms with Gasteiger partial charge in [0.1, 0.15) is 11.4 Å². The standard InChI is InChI=1S/C20H14F2NO.C18H24NSi.Ir/c1-11(2)12-7-8-23-17(9-12)14-5-6-16(22)19-15-4-3-13(21)10-18(15)24-20(14)19;1-14(2)11-16-12-17(15-9-7-6-8-10-15)19-13-18(16)20(3,4)5;/h3-4,6-11H,1-2H3;6-9,12-14H,11H2,1-5H3;/q2*-1;/i11D;;. The molecule has 0 amide bonds. The van der Waals surface area contributed by atoms with Gasteiger partial charge in [-0.25, -0.2) is 4.39 Å². The first-order valence-electron chi connectivity index (χ1n) is 15.4. The maximum Gasteiger partial charge on any atom is 0.126 e. The van der Waals surface area contributed by atoms with Gasteiger partial charge in [0.25, 0.3) is 0 Å². The largest absolute Gasteiger partial charge is 0.500 e. The van der Waals surface area contributed by atoms with Crippen LogP contribution in [0.1, 0.15) is 46.1 Å². The minimum absolute atomic E-state index is 0. The Balaban J connectivity index is 0.000000210. The van der Waals surface area contributed by atoms with E-state index in [1.165, 1.54) is 35.0 Å². The summed E-state index contributed by atoms with van der Waals surface area (Å²) in [7, 11) is -1.34. The number of fused-ring (bicyclic) bond motifs is 3. The molecule has 235 valence electrons. The molecule has 45 heavy (non-hydrogen) atoms. The molecule has 0 N–H and O–H groups in total. The van der Waals surface area contributed by atoms with Crippen LogP contribution in [0, 0.1) is 29.7 Å². The minimum Gasteiger partial charge on any atom is -0.500 e. The van der Waals surface area contributed by atoms with Crippen LogP contribution in [0.4, 0.5) is 8.78 Å². The fourth-order valence-corrected chi connectivity index (χ4v) is 6.90. The first-order valence-corrected chi connectivity index (χ1v) is 18.4. The monoisotopic (exact) mass is 798 g/mol. The third-order valence-electron chi connectivity index (χ3n) is 7.47. The molecule has 0 bridgehead atoms. The average molecular weight is 798 g/mol. The van der Waals surface area contributed by atoms with Crippen LogP contribution < -0.4 is 5.19 Å². The van der Waals surface area contributed by atoms with E-state index in [4.69, 9.17) is 5.79 Å². The maximum absolute atomic E-state index is 14.4. The van der Waals surface area contributed by atoms with Crippen LogP contribution in [0.5, 0.6) is 0 Å². The van der Waals surface area contributed by atoms with Crippen molar-refractivity contribution < 1.29 is 34.7 Å². The number of rotatable bonds is 6. The van der Waals surface area contributed by atoms with E-state index in [-0.39, 0.29) is 36.7 Å². The molecule has 6 aromatic rings. The van der Waals surface area contributed by atoms with E-state index in [2.05, 4.69) is 73.9 Å². The smallest absolute Gasteiger partial charge is 0.126 e. The molecule has 0 spiro atoms. The number of nitrogens with zero attached hydrogens (tertiary/aromatic N) is 2. The maximum atomic E-state index is 14.4. The molecule has 3 aromatic carbocycles. The Hall–Kier alpha value is -3.51. The molecule has 6 rings (SSSR count). The molecule has 0 saturated heterocycles. The van der Waals surface area contributed by atoms with Crippen molar-refractivity contribution in [3.05, 3.63) is 114 Å². The molecule has 0 unspecified atom stereocenters. The fourth-order valence-electron chi connectivity index (χ4n) is 5.31. The van der Waals surface area contributed by atoms with Crippen LogP contribution in [-0.2, 0) is 26.5 Å². The number of aromatic nitrogens is 2. The second-order valence-electron chi connectivity index (χ2n) is 12.7. The van der Waals surface area contributed by atoms with Crippen LogP contribution in [0.2, 0.25) is 19.6 Å². The Morgan fingerprint density at radius 1 is 0.933 bits per heavy atom. The van der Waals surface area contributed by atoms with Gasteiger partial charge < -0.3 is 14.4 Å². The molecule has 0 saturated carbocycles. The molecule has 0 fully saturated rings. The van der Waals surface area contributed by atoms with Crippen LogP contribution in [0.3, 0.4) is 0 Å². The topological polar surface area (TPSA) is 38.9 Å². The Kier molecular flexibility index (Phi) is 10.4. The van der Waals surface area contributed by atoms with E-state index in [1.807, 2.05) is 18.2 Å². The molecular weight excluding hydrogens is 759 g/mol. The number of pyridine rings is 2. The van der Waals surface area contributed by atoms with Gasteiger partial charge in [0.05, 0.1) is 13.7 Å². The predicted molar refractivity (Wildman–Crippen MR) is 180 cm³/mol. The minimum atomic E-state index is -1.34. The van der Waals surface area contributed by atoms with Gasteiger partial charge in [-0.15, -0.1) is 48.0 Å².